The standard InChI is InChI=1S/C20H24N2O2/c1-16-7-5-6-14-22(16)18-12-10-17(11-13-18)21-20(23)15-24-19-8-3-2-4-9-19/h2-4,8-13,16H,5-7,14-15H2,1H3,(H,21,23). The van der Waals surface area contributed by atoms with Gasteiger partial charge in [0.2, 0.25) is 0 Å². The fourth-order valence-electron chi connectivity index (χ4n) is 3.08. The second-order valence-electron chi connectivity index (χ2n) is 6.23. The highest BCUT2D eigenvalue weighted by Gasteiger charge is 2.18. The summed E-state index contributed by atoms with van der Waals surface area (Å²) < 4.78 is 5.45. The lowest BCUT2D eigenvalue weighted by molar-refractivity contribution is -0.118. The summed E-state index contributed by atoms with van der Waals surface area (Å²) in [4.78, 5) is 14.4. The van der Waals surface area contributed by atoms with Crippen molar-refractivity contribution in [2.24, 2.45) is 0 Å². The third kappa shape index (κ3) is 4.28. The maximum atomic E-state index is 12.0. The molecule has 1 atom stereocenters. The Morgan fingerprint density at radius 1 is 1.12 bits per heavy atom. The lowest BCUT2D eigenvalue weighted by atomic mass is 10.0. The normalized spacial score (nSPS) is 17.4. The Hall–Kier alpha value is -2.49. The van der Waals surface area contributed by atoms with E-state index in [2.05, 4.69) is 29.3 Å². The fourth-order valence-corrected chi connectivity index (χ4v) is 3.08. The van der Waals surface area contributed by atoms with Gasteiger partial charge in [0.1, 0.15) is 5.75 Å². The molecule has 1 saturated heterocycles. The zero-order chi connectivity index (χ0) is 16.8. The van der Waals surface area contributed by atoms with Crippen LogP contribution < -0.4 is 15.0 Å². The first-order valence-electron chi connectivity index (χ1n) is 8.57. The molecule has 2 aromatic carbocycles. The molecule has 0 aliphatic carbocycles. The Labute approximate surface area is 143 Å². The first kappa shape index (κ1) is 16.4. The number of carbonyl (C=O) groups excluding carboxylic acids is 1. The number of hydrogen-bond donors (Lipinski definition) is 1. The molecule has 0 radical (unpaired) electrons. The van der Waals surface area contributed by atoms with Gasteiger partial charge in [-0.1, -0.05) is 18.2 Å². The minimum Gasteiger partial charge on any atom is -0.484 e. The second-order valence-corrected chi connectivity index (χ2v) is 6.23. The summed E-state index contributed by atoms with van der Waals surface area (Å²) in [5, 5.41) is 2.87. The van der Waals surface area contributed by atoms with Crippen LogP contribution in [0.25, 0.3) is 0 Å². The molecule has 4 nitrogen and oxygen atoms in total. The summed E-state index contributed by atoms with van der Waals surface area (Å²) in [6.45, 7) is 3.39. The summed E-state index contributed by atoms with van der Waals surface area (Å²) in [5.74, 6) is 0.542. The van der Waals surface area contributed by atoms with Crippen molar-refractivity contribution >= 4 is 17.3 Å². The minimum absolute atomic E-state index is 0.00885. The van der Waals surface area contributed by atoms with E-state index in [1.54, 1.807) is 0 Å². The van der Waals surface area contributed by atoms with Crippen molar-refractivity contribution < 1.29 is 9.53 Å². The zero-order valence-electron chi connectivity index (χ0n) is 14.1. The van der Waals surface area contributed by atoms with E-state index in [9.17, 15) is 4.79 Å². The topological polar surface area (TPSA) is 41.6 Å². The van der Waals surface area contributed by atoms with Crippen molar-refractivity contribution in [1.82, 2.24) is 0 Å². The number of carbonyl (C=O) groups is 1. The fraction of sp³-hybridized carbons (Fsp3) is 0.350. The van der Waals surface area contributed by atoms with E-state index in [1.807, 2.05) is 42.5 Å². The van der Waals surface area contributed by atoms with Crippen LogP contribution in [-0.2, 0) is 4.79 Å². The van der Waals surface area contributed by atoms with E-state index in [-0.39, 0.29) is 12.5 Å². The van der Waals surface area contributed by atoms with E-state index in [1.165, 1.54) is 24.9 Å². The van der Waals surface area contributed by atoms with Gasteiger partial charge in [0, 0.05) is 24.0 Å². The van der Waals surface area contributed by atoms with Crippen LogP contribution in [0.3, 0.4) is 0 Å². The van der Waals surface area contributed by atoms with Gasteiger partial charge in [0.15, 0.2) is 6.61 Å². The molecule has 0 bridgehead atoms. The van der Waals surface area contributed by atoms with E-state index in [0.29, 0.717) is 11.8 Å². The number of benzene rings is 2. The minimum atomic E-state index is -0.155. The predicted molar refractivity (Wildman–Crippen MR) is 97.7 cm³/mol. The molecule has 1 unspecified atom stereocenters. The van der Waals surface area contributed by atoms with Gasteiger partial charge in [-0.15, -0.1) is 0 Å². The molecule has 1 N–H and O–H groups in total. The highest BCUT2D eigenvalue weighted by Crippen LogP contribution is 2.25. The number of nitrogens with zero attached hydrogens (tertiary/aromatic N) is 1. The van der Waals surface area contributed by atoms with Crippen LogP contribution in [0.15, 0.2) is 54.6 Å². The average molecular weight is 324 g/mol. The number of para-hydroxylation sites is 1. The summed E-state index contributed by atoms with van der Waals surface area (Å²) in [6.07, 6.45) is 3.81. The Kier molecular flexibility index (Phi) is 5.36. The maximum Gasteiger partial charge on any atom is 0.262 e. The Balaban J connectivity index is 1.53. The average Bonchev–Trinajstić information content (AvgIpc) is 2.62. The number of amides is 1. The highest BCUT2D eigenvalue weighted by molar-refractivity contribution is 5.92. The molecule has 126 valence electrons. The van der Waals surface area contributed by atoms with Crippen LogP contribution in [-0.4, -0.2) is 25.1 Å². The van der Waals surface area contributed by atoms with E-state index in [4.69, 9.17) is 4.74 Å². The first-order chi connectivity index (χ1) is 11.7. The highest BCUT2D eigenvalue weighted by atomic mass is 16.5. The van der Waals surface area contributed by atoms with E-state index < -0.39 is 0 Å². The van der Waals surface area contributed by atoms with Gasteiger partial charge in [-0.05, 0) is 62.6 Å². The number of nitrogens with one attached hydrogen (secondary N) is 1. The van der Waals surface area contributed by atoms with E-state index >= 15 is 0 Å². The lowest BCUT2D eigenvalue weighted by Crippen LogP contribution is -2.37. The zero-order valence-corrected chi connectivity index (χ0v) is 14.1. The Morgan fingerprint density at radius 2 is 1.88 bits per heavy atom. The smallest absolute Gasteiger partial charge is 0.262 e. The van der Waals surface area contributed by atoms with Crippen molar-refractivity contribution in [3.05, 3.63) is 54.6 Å². The molecule has 0 spiro atoms. The molecule has 4 heteroatoms. The van der Waals surface area contributed by atoms with Crippen molar-refractivity contribution in [1.29, 1.82) is 0 Å². The maximum absolute atomic E-state index is 12.0. The third-order valence-electron chi connectivity index (χ3n) is 4.40. The monoisotopic (exact) mass is 324 g/mol. The molecule has 1 aliphatic rings. The molecule has 1 fully saturated rings. The van der Waals surface area contributed by atoms with Crippen molar-refractivity contribution in [2.45, 2.75) is 32.2 Å². The lowest BCUT2D eigenvalue weighted by Gasteiger charge is -2.35. The second kappa shape index (κ2) is 7.86. The largest absolute Gasteiger partial charge is 0.484 e. The van der Waals surface area contributed by atoms with Crippen LogP contribution in [0.4, 0.5) is 11.4 Å². The first-order valence-corrected chi connectivity index (χ1v) is 8.57. The number of ether oxygens (including phenoxy) is 1. The van der Waals surface area contributed by atoms with Gasteiger partial charge < -0.3 is 15.0 Å². The van der Waals surface area contributed by atoms with Crippen LogP contribution in [0, 0.1) is 0 Å². The van der Waals surface area contributed by atoms with Crippen LogP contribution in [0.1, 0.15) is 26.2 Å². The molecule has 2 aromatic rings. The van der Waals surface area contributed by atoms with Gasteiger partial charge in [-0.2, -0.15) is 0 Å². The number of hydrogen-bond acceptors (Lipinski definition) is 3. The van der Waals surface area contributed by atoms with Crippen LogP contribution in [0.5, 0.6) is 5.75 Å². The quantitative estimate of drug-likeness (QED) is 0.901. The Morgan fingerprint density at radius 3 is 2.58 bits per heavy atom. The number of rotatable bonds is 5. The Bertz CT molecular complexity index is 655. The van der Waals surface area contributed by atoms with Gasteiger partial charge >= 0.3 is 0 Å². The van der Waals surface area contributed by atoms with Gasteiger partial charge in [0.05, 0.1) is 0 Å². The molecule has 1 amide bonds. The SMILES string of the molecule is CC1CCCCN1c1ccc(NC(=O)COc2ccccc2)cc1. The van der Waals surface area contributed by atoms with E-state index in [0.717, 1.165) is 12.2 Å². The molecule has 24 heavy (non-hydrogen) atoms. The van der Waals surface area contributed by atoms with Gasteiger partial charge in [-0.3, -0.25) is 4.79 Å². The molecular weight excluding hydrogens is 300 g/mol. The van der Waals surface area contributed by atoms with Gasteiger partial charge in [0.25, 0.3) is 5.91 Å². The van der Waals surface area contributed by atoms with Crippen molar-refractivity contribution in [3.63, 3.8) is 0 Å². The summed E-state index contributed by atoms with van der Waals surface area (Å²) in [7, 11) is 0. The molecule has 1 aliphatic heterocycles. The summed E-state index contributed by atoms with van der Waals surface area (Å²) >= 11 is 0. The van der Waals surface area contributed by atoms with Crippen LogP contribution >= 0.6 is 0 Å². The summed E-state index contributed by atoms with van der Waals surface area (Å²) in [5.41, 5.74) is 2.02. The summed E-state index contributed by atoms with van der Waals surface area (Å²) in [6, 6.07) is 18.0. The van der Waals surface area contributed by atoms with Crippen molar-refractivity contribution in [3.8, 4) is 5.75 Å². The third-order valence-corrected chi connectivity index (χ3v) is 4.40. The molecule has 0 aromatic heterocycles. The van der Waals surface area contributed by atoms with Crippen LogP contribution in [0.2, 0.25) is 0 Å². The molecule has 3 rings (SSSR count). The number of anilines is 2. The van der Waals surface area contributed by atoms with Gasteiger partial charge in [-0.25, -0.2) is 0 Å². The molecule has 1 heterocycles. The predicted octanol–water partition coefficient (Wildman–Crippen LogP) is 4.08. The molecule has 0 saturated carbocycles. The molecular formula is C20H24N2O2. The number of piperidine rings is 1. The van der Waals surface area contributed by atoms with Crippen molar-refractivity contribution in [2.75, 3.05) is 23.4 Å².